The highest BCUT2D eigenvalue weighted by atomic mass is 32.1. The Hall–Kier alpha value is -1.88. The Kier molecular flexibility index (Phi) is 6.65. The zero-order valence-electron chi connectivity index (χ0n) is 21.8. The molecule has 4 nitrogen and oxygen atoms in total. The second-order valence-corrected chi connectivity index (χ2v) is 18.9. The first-order chi connectivity index (χ1) is 15.7. The fourth-order valence-corrected chi connectivity index (χ4v) is 7.18. The molecule has 0 unspecified atom stereocenters. The van der Waals surface area contributed by atoms with Crippen LogP contribution in [0.2, 0.25) is 0 Å². The van der Waals surface area contributed by atoms with Crippen LogP contribution >= 0.6 is 29.9 Å². The fourth-order valence-electron chi connectivity index (χ4n) is 3.73. The molecule has 0 aliphatic heterocycles. The lowest BCUT2D eigenvalue weighted by Crippen LogP contribution is -2.10. The van der Waals surface area contributed by atoms with Gasteiger partial charge in [0.05, 0.1) is 11.0 Å². The molecule has 0 saturated carbocycles. The zero-order valence-corrected chi connectivity index (χ0v) is 24.3. The summed E-state index contributed by atoms with van der Waals surface area (Å²) in [4.78, 5) is 16.8. The number of thiazole rings is 2. The van der Waals surface area contributed by atoms with E-state index in [1.165, 1.54) is 26.4 Å². The average molecular weight is 512 g/mol. The maximum Gasteiger partial charge on any atom is 0.157 e. The Labute approximate surface area is 212 Å². The van der Waals surface area contributed by atoms with Gasteiger partial charge in [0.2, 0.25) is 0 Å². The van der Waals surface area contributed by atoms with Crippen molar-refractivity contribution < 1.29 is 0 Å². The van der Waals surface area contributed by atoms with Gasteiger partial charge in [-0.3, -0.25) is 4.57 Å². The molecular weight excluding hydrogens is 475 g/mol. The fraction of sp³-hybridized carbons (Fsp3) is 0.444. The summed E-state index contributed by atoms with van der Waals surface area (Å²) in [5.74, 6) is 0.942. The lowest BCUT2D eigenvalue weighted by molar-refractivity contribution is 0.584. The minimum atomic E-state index is -0.964. The molecule has 0 spiro atoms. The molecule has 0 aliphatic rings. The van der Waals surface area contributed by atoms with Crippen LogP contribution in [-0.2, 0) is 17.0 Å². The van der Waals surface area contributed by atoms with E-state index in [0.29, 0.717) is 0 Å². The summed E-state index contributed by atoms with van der Waals surface area (Å²) in [5, 5.41) is 2.20. The maximum atomic E-state index is 5.09. The van der Waals surface area contributed by atoms with Crippen molar-refractivity contribution >= 4 is 29.9 Å². The summed E-state index contributed by atoms with van der Waals surface area (Å²) < 4.78 is 2.03. The van der Waals surface area contributed by atoms with Gasteiger partial charge in [-0.05, 0) is 17.0 Å². The molecule has 0 amide bonds. The van der Waals surface area contributed by atoms with Gasteiger partial charge >= 0.3 is 0 Å². The van der Waals surface area contributed by atoms with E-state index in [9.17, 15) is 0 Å². The molecule has 0 saturated heterocycles. The third-order valence-corrected chi connectivity index (χ3v) is 9.73. The van der Waals surface area contributed by atoms with Crippen LogP contribution in [0.4, 0.5) is 0 Å². The lowest BCUT2D eigenvalue weighted by atomic mass is 9.96. The van der Waals surface area contributed by atoms with E-state index in [1.807, 2.05) is 34.6 Å². The third-order valence-electron chi connectivity index (χ3n) is 5.46. The van der Waals surface area contributed by atoms with E-state index in [2.05, 4.69) is 90.9 Å². The minimum absolute atomic E-state index is 0.0321. The Morgan fingerprint density at radius 2 is 1.68 bits per heavy atom. The quantitative estimate of drug-likeness (QED) is 0.254. The number of rotatable bonds is 5. The monoisotopic (exact) mass is 511 g/mol. The molecular formula is C27H36N4PS2+. The van der Waals surface area contributed by atoms with E-state index in [-0.39, 0.29) is 10.8 Å². The van der Waals surface area contributed by atoms with Crippen LogP contribution in [0.3, 0.4) is 0 Å². The predicted octanol–water partition coefficient (Wildman–Crippen LogP) is 8.12. The average Bonchev–Trinajstić information content (AvgIpc) is 3.44. The van der Waals surface area contributed by atoms with Crippen LogP contribution < -0.4 is 0 Å². The summed E-state index contributed by atoms with van der Waals surface area (Å²) in [5.41, 5.74) is 3.84. The summed E-state index contributed by atoms with van der Waals surface area (Å²) >= 11 is 3.59. The van der Waals surface area contributed by atoms with Crippen molar-refractivity contribution in [3.63, 3.8) is 0 Å². The largest absolute Gasteiger partial charge is 0.289 e. The van der Waals surface area contributed by atoms with E-state index in [4.69, 9.17) is 9.97 Å². The number of aromatic nitrogens is 4. The zero-order chi connectivity index (χ0) is 24.9. The normalized spacial score (nSPS) is 13.0. The lowest BCUT2D eigenvalue weighted by Gasteiger charge is -2.16. The first kappa shape index (κ1) is 25.2. The van der Waals surface area contributed by atoms with Crippen LogP contribution in [0.15, 0.2) is 43.1 Å². The van der Waals surface area contributed by atoms with Crippen LogP contribution in [-0.4, -0.2) is 39.5 Å². The van der Waals surface area contributed by atoms with Crippen LogP contribution in [0.1, 0.15) is 57.0 Å². The highest BCUT2D eigenvalue weighted by Gasteiger charge is 2.27. The summed E-state index contributed by atoms with van der Waals surface area (Å²) in [7, 11) is -0.964. The van der Waals surface area contributed by atoms with E-state index < -0.39 is 7.26 Å². The Morgan fingerprint density at radius 1 is 0.941 bits per heavy atom. The smallest absolute Gasteiger partial charge is 0.157 e. The number of nitrogens with zero attached hydrogens (tertiary/aromatic N) is 4. The van der Waals surface area contributed by atoms with E-state index >= 15 is 0 Å². The third kappa shape index (κ3) is 5.50. The van der Waals surface area contributed by atoms with Gasteiger partial charge in [-0.15, -0.1) is 22.7 Å². The van der Waals surface area contributed by atoms with Gasteiger partial charge in [0, 0.05) is 67.3 Å². The Bertz CT molecular complexity index is 1280. The molecule has 0 aliphatic carbocycles. The van der Waals surface area contributed by atoms with Gasteiger partial charge in [-0.1, -0.05) is 53.7 Å². The number of hydrogen-bond acceptors (Lipinski definition) is 5. The Balaban J connectivity index is 1.95. The van der Waals surface area contributed by atoms with Crippen LogP contribution in [0, 0.1) is 0 Å². The maximum absolute atomic E-state index is 5.09. The van der Waals surface area contributed by atoms with E-state index in [1.54, 1.807) is 11.3 Å². The molecule has 4 rings (SSSR count). The van der Waals surface area contributed by atoms with Crippen molar-refractivity contribution in [3.8, 4) is 26.8 Å². The summed E-state index contributed by atoms with van der Waals surface area (Å²) in [6, 6.07) is 6.97. The first-order valence-corrected chi connectivity index (χ1v) is 16.6. The molecule has 0 fully saturated rings. The van der Waals surface area contributed by atoms with Crippen LogP contribution in [0.25, 0.3) is 26.8 Å². The molecule has 1 aromatic carbocycles. The van der Waals surface area contributed by atoms with Gasteiger partial charge < -0.3 is 0 Å². The number of imidazole rings is 1. The van der Waals surface area contributed by atoms with Crippen molar-refractivity contribution in [3.05, 3.63) is 58.6 Å². The molecule has 0 bridgehead atoms. The number of benzene rings is 1. The van der Waals surface area contributed by atoms with Gasteiger partial charge in [0.25, 0.3) is 0 Å². The number of hydrogen-bond donors (Lipinski definition) is 0. The van der Waals surface area contributed by atoms with Gasteiger partial charge in [0.15, 0.2) is 5.82 Å². The van der Waals surface area contributed by atoms with Crippen molar-refractivity contribution in [2.45, 2.75) is 58.5 Å². The van der Waals surface area contributed by atoms with E-state index in [0.717, 1.165) is 22.0 Å². The van der Waals surface area contributed by atoms with Crippen LogP contribution in [0.5, 0.6) is 0 Å². The second-order valence-electron chi connectivity index (χ2n) is 12.0. The van der Waals surface area contributed by atoms with Gasteiger partial charge in [-0.2, -0.15) is 0 Å². The van der Waals surface area contributed by atoms with Crippen molar-refractivity contribution in [2.75, 3.05) is 20.0 Å². The van der Waals surface area contributed by atoms with Crippen molar-refractivity contribution in [2.24, 2.45) is 0 Å². The highest BCUT2D eigenvalue weighted by Crippen LogP contribution is 2.51. The predicted molar refractivity (Wildman–Crippen MR) is 152 cm³/mol. The standard InChI is InChI=1S/C27H36N4PS2/c1-26(2,3)21-15-29-24(33-21)20-14-18(16-32(7,8)9)10-11-19(20)22-23(31-13-12-28-17-31)30-25(34-22)27(4,5)6/h10-15,17H,16H2,1-9H3/q+1. The molecule has 3 aromatic heterocycles. The second kappa shape index (κ2) is 8.96. The van der Waals surface area contributed by atoms with Gasteiger partial charge in [-0.25, -0.2) is 15.0 Å². The molecule has 0 radical (unpaired) electrons. The topological polar surface area (TPSA) is 43.6 Å². The molecule has 3 heterocycles. The highest BCUT2D eigenvalue weighted by molar-refractivity contribution is 7.72. The summed E-state index contributed by atoms with van der Waals surface area (Å²) in [6.45, 7) is 20.6. The molecule has 0 N–H and O–H groups in total. The summed E-state index contributed by atoms with van der Waals surface area (Å²) in [6.07, 6.45) is 8.81. The molecule has 180 valence electrons. The van der Waals surface area contributed by atoms with Gasteiger partial charge in [0.1, 0.15) is 16.3 Å². The Morgan fingerprint density at radius 3 is 2.24 bits per heavy atom. The minimum Gasteiger partial charge on any atom is -0.289 e. The van der Waals surface area contributed by atoms with Crippen molar-refractivity contribution in [1.82, 2.24) is 19.5 Å². The molecule has 0 atom stereocenters. The molecule has 34 heavy (non-hydrogen) atoms. The molecule has 4 aromatic rings. The first-order valence-electron chi connectivity index (χ1n) is 11.6. The van der Waals surface area contributed by atoms with Crippen molar-refractivity contribution in [1.29, 1.82) is 0 Å². The molecule has 7 heteroatoms. The SMILES string of the molecule is CC(C)(C)c1cnc(-c2cc(C[P+](C)(C)C)ccc2-c2sc(C(C)(C)C)nc2-n2ccnc2)s1.